The number of carbonyl (C=O) groups excluding carboxylic acids is 1. The molecule has 1 heterocycles. The second-order valence-electron chi connectivity index (χ2n) is 6.91. The Kier molecular flexibility index (Phi) is 7.06. The fourth-order valence-corrected chi connectivity index (χ4v) is 3.23. The van der Waals surface area contributed by atoms with Crippen LogP contribution in [0.5, 0.6) is 0 Å². The Bertz CT molecular complexity index is 468. The van der Waals surface area contributed by atoms with Gasteiger partial charge in [-0.1, -0.05) is 44.2 Å². The van der Waals surface area contributed by atoms with E-state index < -0.39 is 0 Å². The van der Waals surface area contributed by atoms with Crippen molar-refractivity contribution >= 4 is 5.97 Å². The zero-order valence-electron chi connectivity index (χ0n) is 14.6. The Morgan fingerprint density at radius 3 is 2.48 bits per heavy atom. The standard InChI is InChI=1S/C19H30N2O2/c1-15(2)13-18(19(22)23-3)20-17-9-11-21(12-10-17)14-16-7-5-4-6-8-16/h4-8,15,17-18,20H,9-14H2,1-3H3. The van der Waals surface area contributed by atoms with E-state index in [-0.39, 0.29) is 12.0 Å². The number of hydrogen-bond acceptors (Lipinski definition) is 4. The first kappa shape index (κ1) is 18.0. The third-order valence-corrected chi connectivity index (χ3v) is 4.47. The predicted octanol–water partition coefficient (Wildman–Crippen LogP) is 2.83. The smallest absolute Gasteiger partial charge is 0.322 e. The van der Waals surface area contributed by atoms with Gasteiger partial charge in [-0.05, 0) is 43.8 Å². The van der Waals surface area contributed by atoms with Gasteiger partial charge in [0.05, 0.1) is 7.11 Å². The second kappa shape index (κ2) is 9.04. The minimum Gasteiger partial charge on any atom is -0.468 e. The topological polar surface area (TPSA) is 41.6 Å². The second-order valence-corrected chi connectivity index (χ2v) is 6.91. The first-order chi connectivity index (χ1) is 11.1. The molecule has 0 aliphatic carbocycles. The van der Waals surface area contributed by atoms with Crippen LogP contribution < -0.4 is 5.32 Å². The molecular weight excluding hydrogens is 288 g/mol. The molecule has 128 valence electrons. The molecule has 0 aromatic heterocycles. The molecule has 2 rings (SSSR count). The van der Waals surface area contributed by atoms with E-state index in [2.05, 4.69) is 54.4 Å². The Balaban J connectivity index is 1.79. The van der Waals surface area contributed by atoms with Crippen LogP contribution in [0.1, 0.15) is 38.7 Å². The van der Waals surface area contributed by atoms with Gasteiger partial charge in [-0.15, -0.1) is 0 Å². The van der Waals surface area contributed by atoms with Crippen LogP contribution in [0.4, 0.5) is 0 Å². The van der Waals surface area contributed by atoms with Crippen molar-refractivity contribution in [1.29, 1.82) is 0 Å². The molecule has 4 heteroatoms. The van der Waals surface area contributed by atoms with Gasteiger partial charge in [0.2, 0.25) is 0 Å². The van der Waals surface area contributed by atoms with Crippen molar-refractivity contribution < 1.29 is 9.53 Å². The van der Waals surface area contributed by atoms with Crippen molar-refractivity contribution in [3.8, 4) is 0 Å². The molecule has 0 bridgehead atoms. The normalized spacial score (nSPS) is 18.1. The van der Waals surface area contributed by atoms with Gasteiger partial charge < -0.3 is 10.1 Å². The number of likely N-dealkylation sites (tertiary alicyclic amines) is 1. The first-order valence-electron chi connectivity index (χ1n) is 8.68. The molecule has 1 aromatic rings. The number of nitrogens with zero attached hydrogens (tertiary/aromatic N) is 1. The Labute approximate surface area is 140 Å². The lowest BCUT2D eigenvalue weighted by atomic mass is 9.99. The summed E-state index contributed by atoms with van der Waals surface area (Å²) in [5.74, 6) is 0.343. The summed E-state index contributed by atoms with van der Waals surface area (Å²) in [7, 11) is 1.47. The van der Waals surface area contributed by atoms with Crippen LogP contribution in [-0.2, 0) is 16.1 Å². The number of carbonyl (C=O) groups is 1. The lowest BCUT2D eigenvalue weighted by Crippen LogP contribution is -2.49. The van der Waals surface area contributed by atoms with Crippen molar-refractivity contribution in [2.75, 3.05) is 20.2 Å². The Morgan fingerprint density at radius 1 is 1.26 bits per heavy atom. The number of ether oxygens (including phenoxy) is 1. The molecule has 0 spiro atoms. The van der Waals surface area contributed by atoms with Crippen molar-refractivity contribution in [3.63, 3.8) is 0 Å². The predicted molar refractivity (Wildman–Crippen MR) is 93.1 cm³/mol. The van der Waals surface area contributed by atoms with Crippen LogP contribution >= 0.6 is 0 Å². The molecule has 1 saturated heterocycles. The van der Waals surface area contributed by atoms with E-state index in [0.717, 1.165) is 38.9 Å². The molecule has 1 fully saturated rings. The summed E-state index contributed by atoms with van der Waals surface area (Å²) in [6.07, 6.45) is 2.99. The number of hydrogen-bond donors (Lipinski definition) is 1. The maximum Gasteiger partial charge on any atom is 0.322 e. The zero-order valence-corrected chi connectivity index (χ0v) is 14.6. The maximum absolute atomic E-state index is 11.9. The lowest BCUT2D eigenvalue weighted by Gasteiger charge is -2.34. The Hall–Kier alpha value is -1.39. The number of piperidine rings is 1. The summed E-state index contributed by atoms with van der Waals surface area (Å²) in [5, 5.41) is 3.52. The van der Waals surface area contributed by atoms with Crippen LogP contribution in [0.15, 0.2) is 30.3 Å². The van der Waals surface area contributed by atoms with Crippen LogP contribution in [0.2, 0.25) is 0 Å². The van der Waals surface area contributed by atoms with E-state index in [1.807, 2.05) is 0 Å². The molecule has 1 aliphatic rings. The van der Waals surface area contributed by atoms with Crippen LogP contribution in [-0.4, -0.2) is 43.2 Å². The van der Waals surface area contributed by atoms with Crippen LogP contribution in [0.3, 0.4) is 0 Å². The van der Waals surface area contributed by atoms with Gasteiger partial charge in [-0.3, -0.25) is 9.69 Å². The SMILES string of the molecule is COC(=O)C(CC(C)C)NC1CCN(Cc2ccccc2)CC1. The number of esters is 1. The van der Waals surface area contributed by atoms with E-state index in [1.165, 1.54) is 12.7 Å². The number of methoxy groups -OCH3 is 1. The molecular formula is C19H30N2O2. The number of rotatable bonds is 7. The van der Waals surface area contributed by atoms with Gasteiger partial charge in [0, 0.05) is 12.6 Å². The maximum atomic E-state index is 11.9. The van der Waals surface area contributed by atoms with Crippen molar-refractivity contribution in [1.82, 2.24) is 10.2 Å². The Morgan fingerprint density at radius 2 is 1.91 bits per heavy atom. The summed E-state index contributed by atoms with van der Waals surface area (Å²) in [4.78, 5) is 14.4. The van der Waals surface area contributed by atoms with Gasteiger partial charge in [-0.25, -0.2) is 0 Å². The quantitative estimate of drug-likeness (QED) is 0.785. The highest BCUT2D eigenvalue weighted by molar-refractivity contribution is 5.75. The molecule has 4 nitrogen and oxygen atoms in total. The summed E-state index contributed by atoms with van der Waals surface area (Å²) in [6.45, 7) is 7.43. The van der Waals surface area contributed by atoms with Crippen molar-refractivity contribution in [2.45, 2.75) is 51.7 Å². The lowest BCUT2D eigenvalue weighted by molar-refractivity contribution is -0.143. The number of nitrogens with one attached hydrogen (secondary N) is 1. The average Bonchev–Trinajstić information content (AvgIpc) is 2.56. The third-order valence-electron chi connectivity index (χ3n) is 4.47. The van der Waals surface area contributed by atoms with E-state index in [9.17, 15) is 4.79 Å². The molecule has 1 N–H and O–H groups in total. The zero-order chi connectivity index (χ0) is 16.7. The summed E-state index contributed by atoms with van der Waals surface area (Å²) >= 11 is 0. The molecule has 1 aliphatic heterocycles. The van der Waals surface area contributed by atoms with E-state index in [4.69, 9.17) is 4.74 Å². The van der Waals surface area contributed by atoms with Gasteiger partial charge in [0.1, 0.15) is 6.04 Å². The fourth-order valence-electron chi connectivity index (χ4n) is 3.23. The summed E-state index contributed by atoms with van der Waals surface area (Å²) < 4.78 is 4.94. The van der Waals surface area contributed by atoms with Crippen molar-refractivity contribution in [2.24, 2.45) is 5.92 Å². The fraction of sp³-hybridized carbons (Fsp3) is 0.632. The third kappa shape index (κ3) is 5.96. The average molecular weight is 318 g/mol. The van der Waals surface area contributed by atoms with Gasteiger partial charge in [0.25, 0.3) is 0 Å². The molecule has 1 aromatic carbocycles. The largest absolute Gasteiger partial charge is 0.468 e. The highest BCUT2D eigenvalue weighted by Gasteiger charge is 2.26. The van der Waals surface area contributed by atoms with Gasteiger partial charge in [0.15, 0.2) is 0 Å². The summed E-state index contributed by atoms with van der Waals surface area (Å²) in [6, 6.07) is 10.8. The molecule has 0 radical (unpaired) electrons. The molecule has 1 unspecified atom stereocenters. The first-order valence-corrected chi connectivity index (χ1v) is 8.68. The number of benzene rings is 1. The molecule has 0 amide bonds. The highest BCUT2D eigenvalue weighted by atomic mass is 16.5. The summed E-state index contributed by atoms with van der Waals surface area (Å²) in [5.41, 5.74) is 1.37. The molecule has 1 atom stereocenters. The van der Waals surface area contributed by atoms with E-state index in [1.54, 1.807) is 0 Å². The van der Waals surface area contributed by atoms with Crippen molar-refractivity contribution in [3.05, 3.63) is 35.9 Å². The monoisotopic (exact) mass is 318 g/mol. The molecule has 0 saturated carbocycles. The van der Waals surface area contributed by atoms with Gasteiger partial charge >= 0.3 is 5.97 Å². The van der Waals surface area contributed by atoms with Crippen LogP contribution in [0, 0.1) is 5.92 Å². The highest BCUT2D eigenvalue weighted by Crippen LogP contribution is 2.16. The minimum atomic E-state index is -0.175. The van der Waals surface area contributed by atoms with Gasteiger partial charge in [-0.2, -0.15) is 0 Å². The molecule has 23 heavy (non-hydrogen) atoms. The van der Waals surface area contributed by atoms with E-state index in [0.29, 0.717) is 12.0 Å². The minimum absolute atomic E-state index is 0.134. The van der Waals surface area contributed by atoms with E-state index >= 15 is 0 Å². The van der Waals surface area contributed by atoms with Crippen LogP contribution in [0.25, 0.3) is 0 Å².